The number of fused-ring (bicyclic) bond motifs is 1. The monoisotopic (exact) mass is 264 g/mol. The molecular formula is C18H20Si. The van der Waals surface area contributed by atoms with Crippen LogP contribution in [0.1, 0.15) is 12.5 Å². The van der Waals surface area contributed by atoms with Gasteiger partial charge >= 0.3 is 0 Å². The number of allylic oxidation sites excluding steroid dienone is 8. The second-order valence-corrected chi connectivity index (χ2v) is 9.04. The van der Waals surface area contributed by atoms with Gasteiger partial charge < -0.3 is 0 Å². The van der Waals surface area contributed by atoms with Crippen LogP contribution in [0, 0.1) is 0 Å². The van der Waals surface area contributed by atoms with Crippen molar-refractivity contribution in [1.82, 2.24) is 0 Å². The Morgan fingerprint density at radius 3 is 2.42 bits per heavy atom. The van der Waals surface area contributed by atoms with Gasteiger partial charge in [-0.3, -0.25) is 0 Å². The Kier molecular flexibility index (Phi) is 2.94. The molecule has 0 heterocycles. The summed E-state index contributed by atoms with van der Waals surface area (Å²) in [5.74, 6) is 0. The van der Waals surface area contributed by atoms with Crippen LogP contribution in [0.4, 0.5) is 0 Å². The van der Waals surface area contributed by atoms with Crippen molar-refractivity contribution in [2.45, 2.75) is 25.1 Å². The molecule has 0 aromatic heterocycles. The van der Waals surface area contributed by atoms with E-state index in [4.69, 9.17) is 0 Å². The zero-order chi connectivity index (χ0) is 13.5. The highest BCUT2D eigenvalue weighted by molar-refractivity contribution is 6.61. The lowest BCUT2D eigenvalue weighted by atomic mass is 9.83. The molecule has 1 unspecified atom stereocenters. The van der Waals surface area contributed by atoms with Crippen molar-refractivity contribution in [1.29, 1.82) is 0 Å². The van der Waals surface area contributed by atoms with Crippen LogP contribution in [0.2, 0.25) is 13.1 Å². The molecule has 3 rings (SSSR count). The molecule has 0 saturated carbocycles. The van der Waals surface area contributed by atoms with Gasteiger partial charge in [0.25, 0.3) is 0 Å². The van der Waals surface area contributed by atoms with Crippen molar-refractivity contribution in [2.24, 2.45) is 0 Å². The van der Waals surface area contributed by atoms with E-state index in [1.165, 1.54) is 22.3 Å². The highest BCUT2D eigenvalue weighted by Gasteiger charge is 2.40. The molecule has 0 N–H and O–H groups in total. The van der Waals surface area contributed by atoms with E-state index in [0.29, 0.717) is 0 Å². The maximum atomic E-state index is 2.45. The van der Waals surface area contributed by atoms with Crippen molar-refractivity contribution in [3.63, 3.8) is 0 Å². The lowest BCUT2D eigenvalue weighted by molar-refractivity contribution is 0.873. The summed E-state index contributed by atoms with van der Waals surface area (Å²) in [5, 5.41) is 0.152. The molecule has 2 aliphatic rings. The fourth-order valence-corrected chi connectivity index (χ4v) is 5.59. The molecule has 0 nitrogen and oxygen atoms in total. The molecule has 2 aliphatic carbocycles. The van der Waals surface area contributed by atoms with Crippen LogP contribution in [0.3, 0.4) is 0 Å². The summed E-state index contributed by atoms with van der Waals surface area (Å²) < 4.78 is 0. The van der Waals surface area contributed by atoms with Crippen molar-refractivity contribution >= 4 is 8.80 Å². The van der Waals surface area contributed by atoms with E-state index in [9.17, 15) is 0 Å². The third-order valence-electron chi connectivity index (χ3n) is 4.31. The SMILES string of the molecule is CC1=CC2=CC=CC(c3ccccc3)([SiH](C)C)C2=C1. The number of benzene rings is 1. The normalized spacial score (nSPS) is 24.9. The smallest absolute Gasteiger partial charge is 0.0531 e. The third-order valence-corrected chi connectivity index (χ3v) is 6.97. The minimum atomic E-state index is -0.945. The van der Waals surface area contributed by atoms with Gasteiger partial charge in [-0.15, -0.1) is 0 Å². The van der Waals surface area contributed by atoms with Gasteiger partial charge in [-0.25, -0.2) is 0 Å². The van der Waals surface area contributed by atoms with Crippen LogP contribution < -0.4 is 0 Å². The molecule has 0 amide bonds. The van der Waals surface area contributed by atoms with Gasteiger partial charge in [0.15, 0.2) is 0 Å². The quantitative estimate of drug-likeness (QED) is 0.697. The molecule has 1 aromatic carbocycles. The summed E-state index contributed by atoms with van der Waals surface area (Å²) >= 11 is 0. The summed E-state index contributed by atoms with van der Waals surface area (Å²) in [7, 11) is -0.945. The highest BCUT2D eigenvalue weighted by atomic mass is 28.3. The van der Waals surface area contributed by atoms with Gasteiger partial charge in [0.05, 0.1) is 8.80 Å². The summed E-state index contributed by atoms with van der Waals surface area (Å²) in [5.41, 5.74) is 5.75. The molecule has 0 bridgehead atoms. The van der Waals surface area contributed by atoms with Crippen molar-refractivity contribution in [2.75, 3.05) is 0 Å². The van der Waals surface area contributed by atoms with Crippen molar-refractivity contribution in [3.8, 4) is 0 Å². The molecule has 96 valence electrons. The van der Waals surface area contributed by atoms with Crippen LogP contribution in [-0.4, -0.2) is 8.80 Å². The van der Waals surface area contributed by atoms with E-state index in [2.05, 4.69) is 80.7 Å². The predicted octanol–water partition coefficient (Wildman–Crippen LogP) is 4.33. The average molecular weight is 264 g/mol. The lowest BCUT2D eigenvalue weighted by Crippen LogP contribution is -2.40. The molecular weight excluding hydrogens is 244 g/mol. The van der Waals surface area contributed by atoms with Gasteiger partial charge in [-0.2, -0.15) is 0 Å². The van der Waals surface area contributed by atoms with Crippen LogP contribution >= 0.6 is 0 Å². The Bertz CT molecular complexity index is 614. The molecule has 0 fully saturated rings. The fourth-order valence-electron chi connectivity index (χ4n) is 3.37. The van der Waals surface area contributed by atoms with E-state index < -0.39 is 8.80 Å². The topological polar surface area (TPSA) is 0 Å². The summed E-state index contributed by atoms with van der Waals surface area (Å²) in [6, 6.07) is 11.0. The minimum absolute atomic E-state index is 0.152. The largest absolute Gasteiger partial charge is 0.0728 e. The number of hydrogen-bond donors (Lipinski definition) is 0. The van der Waals surface area contributed by atoms with Gasteiger partial charge in [-0.05, 0) is 23.6 Å². The Hall–Kier alpha value is -1.60. The maximum absolute atomic E-state index is 2.45. The zero-order valence-electron chi connectivity index (χ0n) is 11.9. The summed E-state index contributed by atoms with van der Waals surface area (Å²) in [6.45, 7) is 7.10. The summed E-state index contributed by atoms with van der Waals surface area (Å²) in [6.07, 6.45) is 11.6. The highest BCUT2D eigenvalue weighted by Crippen LogP contribution is 2.45. The number of hydrogen-bond acceptors (Lipinski definition) is 0. The maximum Gasteiger partial charge on any atom is 0.0531 e. The molecule has 1 aromatic rings. The standard InChI is InChI=1S/C18H20Si/c1-14-12-15-8-7-11-18(19(2)3,17(15)13-14)16-9-5-4-6-10-16/h4-13,19H,1-3H3. The van der Waals surface area contributed by atoms with Gasteiger partial charge in [0.2, 0.25) is 0 Å². The second-order valence-electron chi connectivity index (χ2n) is 5.82. The van der Waals surface area contributed by atoms with Crippen molar-refractivity contribution < 1.29 is 0 Å². The third kappa shape index (κ3) is 1.80. The first-order valence-electron chi connectivity index (χ1n) is 7.00. The van der Waals surface area contributed by atoms with E-state index in [-0.39, 0.29) is 5.04 Å². The minimum Gasteiger partial charge on any atom is -0.0728 e. The molecule has 1 atom stereocenters. The molecule has 0 saturated heterocycles. The van der Waals surface area contributed by atoms with Crippen LogP contribution in [0.15, 0.2) is 77.4 Å². The first kappa shape index (κ1) is 12.4. The van der Waals surface area contributed by atoms with Crippen LogP contribution in [0.5, 0.6) is 0 Å². The first-order chi connectivity index (χ1) is 9.14. The average Bonchev–Trinajstić information content (AvgIpc) is 2.79. The zero-order valence-corrected chi connectivity index (χ0v) is 13.0. The Morgan fingerprint density at radius 2 is 1.74 bits per heavy atom. The van der Waals surface area contributed by atoms with E-state index in [1.807, 2.05) is 0 Å². The van der Waals surface area contributed by atoms with Gasteiger partial charge in [-0.1, -0.05) is 79.4 Å². The Labute approximate surface area is 117 Å². The molecule has 1 heteroatoms. The lowest BCUT2D eigenvalue weighted by Gasteiger charge is -2.39. The number of rotatable bonds is 2. The first-order valence-corrected chi connectivity index (χ1v) is 9.89. The Balaban J connectivity index is 2.22. The predicted molar refractivity (Wildman–Crippen MR) is 86.1 cm³/mol. The Morgan fingerprint density at radius 1 is 1.00 bits per heavy atom. The van der Waals surface area contributed by atoms with Crippen molar-refractivity contribution in [3.05, 3.63) is 83.0 Å². The van der Waals surface area contributed by atoms with E-state index in [0.717, 1.165) is 0 Å². The fraction of sp³-hybridized carbons (Fsp3) is 0.222. The molecule has 19 heavy (non-hydrogen) atoms. The molecule has 0 spiro atoms. The van der Waals surface area contributed by atoms with E-state index in [1.54, 1.807) is 0 Å². The van der Waals surface area contributed by atoms with Gasteiger partial charge in [0, 0.05) is 5.04 Å². The van der Waals surface area contributed by atoms with Crippen LogP contribution in [-0.2, 0) is 5.04 Å². The molecule has 0 aliphatic heterocycles. The van der Waals surface area contributed by atoms with Crippen LogP contribution in [0.25, 0.3) is 0 Å². The molecule has 0 radical (unpaired) electrons. The van der Waals surface area contributed by atoms with E-state index >= 15 is 0 Å². The summed E-state index contributed by atoms with van der Waals surface area (Å²) in [4.78, 5) is 0. The second kappa shape index (κ2) is 4.50. The van der Waals surface area contributed by atoms with Gasteiger partial charge in [0.1, 0.15) is 0 Å².